The Morgan fingerprint density at radius 3 is 2.43 bits per heavy atom. The van der Waals surface area contributed by atoms with Crippen LogP contribution in [-0.2, 0) is 23.8 Å². The molecule has 3 aliphatic heterocycles. The van der Waals surface area contributed by atoms with Gasteiger partial charge in [0.1, 0.15) is 29.5 Å². The summed E-state index contributed by atoms with van der Waals surface area (Å²) in [6, 6.07) is 0. The summed E-state index contributed by atoms with van der Waals surface area (Å²) in [6.07, 6.45) is -4.92. The molecule has 0 radical (unpaired) electrons. The summed E-state index contributed by atoms with van der Waals surface area (Å²) in [5.74, 6) is -2.37. The van der Waals surface area contributed by atoms with Crippen molar-refractivity contribution in [1.29, 1.82) is 0 Å². The molecular formula is C19H24O9. The minimum absolute atomic E-state index is 0.118. The third-order valence-electron chi connectivity index (χ3n) is 8.24. The summed E-state index contributed by atoms with van der Waals surface area (Å²) in [4.78, 5) is 24.3. The molecule has 0 aromatic heterocycles. The predicted octanol–water partition coefficient (Wildman–Crippen LogP) is -1.59. The summed E-state index contributed by atoms with van der Waals surface area (Å²) >= 11 is 0. The Morgan fingerprint density at radius 1 is 1.14 bits per heavy atom. The third-order valence-corrected chi connectivity index (χ3v) is 8.24. The normalized spacial score (nSPS) is 59.6. The fourth-order valence-corrected chi connectivity index (χ4v) is 7.11. The molecule has 0 aromatic rings. The van der Waals surface area contributed by atoms with Crippen molar-refractivity contribution in [3.05, 3.63) is 11.6 Å². The van der Waals surface area contributed by atoms with E-state index >= 15 is 0 Å². The fraction of sp³-hybridized carbons (Fsp3) is 0.789. The molecule has 9 nitrogen and oxygen atoms in total. The third kappa shape index (κ3) is 1.58. The Labute approximate surface area is 160 Å². The van der Waals surface area contributed by atoms with Crippen molar-refractivity contribution in [2.24, 2.45) is 16.7 Å². The molecule has 0 amide bonds. The van der Waals surface area contributed by atoms with Crippen LogP contribution in [0.15, 0.2) is 11.6 Å². The van der Waals surface area contributed by atoms with E-state index in [0.29, 0.717) is 5.57 Å². The number of aliphatic hydroxyl groups excluding tert-OH is 3. The van der Waals surface area contributed by atoms with Crippen LogP contribution in [0.3, 0.4) is 0 Å². The first-order valence-electron chi connectivity index (χ1n) is 9.45. The quantitative estimate of drug-likeness (QED) is 0.386. The largest absolute Gasteiger partial charge is 0.460 e. The number of carbonyl (C=O) groups excluding carboxylic acids is 2. The van der Waals surface area contributed by atoms with Gasteiger partial charge in [0.05, 0.1) is 18.1 Å². The van der Waals surface area contributed by atoms with Crippen LogP contribution in [0.1, 0.15) is 27.2 Å². The SMILES string of the molecule is CC1=CC(=O)OC1[C@@]1(C)C[C@H]2OC(=O)[C@H](O)[C@]3(O)[C@]24CO[C@]3(C)C(O)[C@H](O)C14. The maximum absolute atomic E-state index is 12.4. The molecule has 2 aliphatic carbocycles. The summed E-state index contributed by atoms with van der Waals surface area (Å²) in [5.41, 5.74) is -5.60. The van der Waals surface area contributed by atoms with Crippen LogP contribution in [0.4, 0.5) is 0 Å². The lowest BCUT2D eigenvalue weighted by Crippen LogP contribution is -2.81. The second kappa shape index (κ2) is 4.96. The van der Waals surface area contributed by atoms with E-state index in [1.807, 2.05) is 0 Å². The smallest absolute Gasteiger partial charge is 0.338 e. The molecule has 10 atom stereocenters. The lowest BCUT2D eigenvalue weighted by atomic mass is 9.47. The van der Waals surface area contributed by atoms with Gasteiger partial charge in [-0.25, -0.2) is 9.59 Å². The zero-order chi connectivity index (χ0) is 20.4. The average Bonchev–Trinajstić information content (AvgIpc) is 3.16. The van der Waals surface area contributed by atoms with E-state index in [2.05, 4.69) is 0 Å². The molecule has 2 bridgehead atoms. The van der Waals surface area contributed by atoms with E-state index in [-0.39, 0.29) is 13.0 Å². The van der Waals surface area contributed by atoms with Crippen LogP contribution >= 0.6 is 0 Å². The van der Waals surface area contributed by atoms with Gasteiger partial charge in [-0.3, -0.25) is 0 Å². The monoisotopic (exact) mass is 396 g/mol. The number of ether oxygens (including phenoxy) is 3. The van der Waals surface area contributed by atoms with Gasteiger partial charge in [-0.05, 0) is 25.8 Å². The minimum atomic E-state index is -2.17. The Kier molecular flexibility index (Phi) is 3.28. The lowest BCUT2D eigenvalue weighted by Gasteiger charge is -2.61. The highest BCUT2D eigenvalue weighted by Gasteiger charge is 2.89. The second-order valence-electron chi connectivity index (χ2n) is 9.36. The maximum atomic E-state index is 12.4. The van der Waals surface area contributed by atoms with E-state index in [1.54, 1.807) is 13.8 Å². The number of aliphatic hydroxyl groups is 4. The number of carbonyl (C=O) groups is 2. The van der Waals surface area contributed by atoms with Crippen molar-refractivity contribution in [3.8, 4) is 0 Å². The van der Waals surface area contributed by atoms with Gasteiger partial charge in [0.25, 0.3) is 0 Å². The Hall–Kier alpha value is -1.52. The summed E-state index contributed by atoms with van der Waals surface area (Å²) < 4.78 is 16.8. The molecule has 1 spiro atoms. The van der Waals surface area contributed by atoms with Crippen LogP contribution in [0.25, 0.3) is 0 Å². The van der Waals surface area contributed by atoms with E-state index in [0.717, 1.165) is 0 Å². The lowest BCUT2D eigenvalue weighted by molar-refractivity contribution is -0.313. The van der Waals surface area contributed by atoms with Crippen molar-refractivity contribution >= 4 is 11.9 Å². The van der Waals surface area contributed by atoms with Gasteiger partial charge < -0.3 is 34.6 Å². The molecule has 28 heavy (non-hydrogen) atoms. The summed E-state index contributed by atoms with van der Waals surface area (Å²) in [5, 5.41) is 44.5. The van der Waals surface area contributed by atoms with Crippen LogP contribution in [-0.4, -0.2) is 80.7 Å². The van der Waals surface area contributed by atoms with Crippen molar-refractivity contribution in [2.45, 2.75) is 68.9 Å². The first-order valence-corrected chi connectivity index (χ1v) is 9.45. The van der Waals surface area contributed by atoms with Gasteiger partial charge in [-0.2, -0.15) is 0 Å². The molecule has 2 saturated carbocycles. The molecule has 9 heteroatoms. The van der Waals surface area contributed by atoms with E-state index < -0.39 is 70.4 Å². The highest BCUT2D eigenvalue weighted by molar-refractivity contribution is 5.86. The Balaban J connectivity index is 1.75. The molecule has 154 valence electrons. The van der Waals surface area contributed by atoms with Crippen LogP contribution in [0, 0.1) is 16.7 Å². The minimum Gasteiger partial charge on any atom is -0.460 e. The van der Waals surface area contributed by atoms with Crippen molar-refractivity contribution in [1.82, 2.24) is 0 Å². The van der Waals surface area contributed by atoms with Gasteiger partial charge in [-0.1, -0.05) is 6.92 Å². The highest BCUT2D eigenvalue weighted by atomic mass is 16.6. The van der Waals surface area contributed by atoms with Gasteiger partial charge in [0.15, 0.2) is 6.10 Å². The zero-order valence-electron chi connectivity index (χ0n) is 15.8. The van der Waals surface area contributed by atoms with Crippen molar-refractivity contribution in [3.63, 3.8) is 0 Å². The summed E-state index contributed by atoms with van der Waals surface area (Å²) in [6.45, 7) is 4.78. The topological polar surface area (TPSA) is 143 Å². The molecule has 3 heterocycles. The first kappa shape index (κ1) is 18.5. The Bertz CT molecular complexity index is 824. The molecule has 5 rings (SSSR count). The highest BCUT2D eigenvalue weighted by Crippen LogP contribution is 2.74. The molecule has 3 unspecified atom stereocenters. The number of hydrogen-bond donors (Lipinski definition) is 4. The number of rotatable bonds is 1. The predicted molar refractivity (Wildman–Crippen MR) is 89.5 cm³/mol. The maximum Gasteiger partial charge on any atom is 0.338 e. The Morgan fingerprint density at radius 2 is 1.82 bits per heavy atom. The van der Waals surface area contributed by atoms with Gasteiger partial charge >= 0.3 is 11.9 Å². The van der Waals surface area contributed by atoms with Gasteiger partial charge in [0.2, 0.25) is 0 Å². The zero-order valence-corrected chi connectivity index (χ0v) is 15.8. The average molecular weight is 396 g/mol. The van der Waals surface area contributed by atoms with Gasteiger partial charge in [0, 0.05) is 17.4 Å². The molecule has 5 aliphatic rings. The number of cyclic esters (lactones) is 1. The van der Waals surface area contributed by atoms with Crippen molar-refractivity contribution < 1.29 is 44.2 Å². The van der Waals surface area contributed by atoms with E-state index in [9.17, 15) is 30.0 Å². The van der Waals surface area contributed by atoms with E-state index in [1.165, 1.54) is 13.0 Å². The number of hydrogen-bond acceptors (Lipinski definition) is 9. The van der Waals surface area contributed by atoms with Crippen LogP contribution < -0.4 is 0 Å². The molecule has 4 N–H and O–H groups in total. The number of esters is 2. The van der Waals surface area contributed by atoms with Crippen LogP contribution in [0.5, 0.6) is 0 Å². The van der Waals surface area contributed by atoms with E-state index in [4.69, 9.17) is 14.2 Å². The van der Waals surface area contributed by atoms with Crippen LogP contribution in [0.2, 0.25) is 0 Å². The first-order chi connectivity index (χ1) is 12.9. The van der Waals surface area contributed by atoms with Gasteiger partial charge in [-0.15, -0.1) is 0 Å². The molecule has 0 aromatic carbocycles. The molecule has 4 fully saturated rings. The fourth-order valence-electron chi connectivity index (χ4n) is 7.11. The standard InChI is InChI=1S/C19H24O9/c1-7-4-9(20)28-14(7)16(2)5-8-18-6-26-17(3,12(22)10(21)11(16)18)19(18,25)13(23)15(24)27-8/h4,8,10-14,21-23,25H,5-6H2,1-3H3/t8-,10-,11?,12?,13+,14?,16+,17-,18-,19-/m1/s1. The molecular weight excluding hydrogens is 372 g/mol. The van der Waals surface area contributed by atoms with Crippen molar-refractivity contribution in [2.75, 3.05) is 6.61 Å². The molecule has 2 saturated heterocycles. The summed E-state index contributed by atoms with van der Waals surface area (Å²) in [7, 11) is 0. The second-order valence-corrected chi connectivity index (χ2v) is 9.36.